The Kier molecular flexibility index (Phi) is 7.90. The van der Waals surface area contributed by atoms with Crippen molar-refractivity contribution in [2.45, 2.75) is 20.0 Å². The second kappa shape index (κ2) is 9.77. The molecule has 2 aromatic rings. The van der Waals surface area contributed by atoms with Gasteiger partial charge < -0.3 is 14.9 Å². The number of aromatic hydroxyl groups is 1. The Morgan fingerprint density at radius 2 is 1.72 bits per heavy atom. The molecule has 6 nitrogen and oxygen atoms in total. The van der Waals surface area contributed by atoms with Crippen LogP contribution in [0.25, 0.3) is 0 Å². The van der Waals surface area contributed by atoms with Gasteiger partial charge in [0.25, 0.3) is 0 Å². The molecule has 0 spiro atoms. The molecule has 0 aromatic heterocycles. The van der Waals surface area contributed by atoms with Crippen LogP contribution in [0.3, 0.4) is 0 Å². The highest BCUT2D eigenvalue weighted by atomic mass is 79.9. The molecule has 1 atom stereocenters. The summed E-state index contributed by atoms with van der Waals surface area (Å²) >= 11 is 9.95. The van der Waals surface area contributed by atoms with Crippen LogP contribution in [0.15, 0.2) is 62.0 Å². The molecular formula is C20H18Br3NO5. The summed E-state index contributed by atoms with van der Waals surface area (Å²) in [6.45, 7) is 3.41. The van der Waals surface area contributed by atoms with Crippen LogP contribution in [0.4, 0.5) is 10.5 Å². The highest BCUT2D eigenvalue weighted by Crippen LogP contribution is 2.45. The zero-order valence-electron chi connectivity index (χ0n) is 15.4. The van der Waals surface area contributed by atoms with Crippen LogP contribution < -0.4 is 5.32 Å². The number of phenols is 1. The van der Waals surface area contributed by atoms with Crippen LogP contribution in [-0.4, -0.2) is 22.3 Å². The fraction of sp³-hybridized carbons (Fsp3) is 0.200. The molecule has 0 saturated heterocycles. The quantitative estimate of drug-likeness (QED) is 0.328. The Hall–Kier alpha value is -1.84. The van der Waals surface area contributed by atoms with Gasteiger partial charge in [-0.2, -0.15) is 0 Å². The summed E-state index contributed by atoms with van der Waals surface area (Å²) in [5.41, 5.74) is -0.111. The largest absolute Gasteiger partial charge is 0.506 e. The van der Waals surface area contributed by atoms with E-state index in [1.165, 1.54) is 6.08 Å². The minimum absolute atomic E-state index is 0.105. The lowest BCUT2D eigenvalue weighted by Crippen LogP contribution is -2.28. The van der Waals surface area contributed by atoms with E-state index in [0.717, 1.165) is 10.5 Å². The average Bonchev–Trinajstić information content (AvgIpc) is 2.63. The van der Waals surface area contributed by atoms with Crippen molar-refractivity contribution < 1.29 is 24.5 Å². The molecule has 0 aliphatic carbocycles. The van der Waals surface area contributed by atoms with Crippen molar-refractivity contribution in [2.75, 3.05) is 5.32 Å². The SMILES string of the molecule is CC(C)(/C=C/C(=O)O)[C@@H](OC(=O)Nc1ccc(Br)cc1)c1cc(Br)cc(Br)c1O. The Morgan fingerprint density at radius 1 is 1.10 bits per heavy atom. The number of carbonyl (C=O) groups is 2. The minimum atomic E-state index is -1.13. The van der Waals surface area contributed by atoms with Crippen molar-refractivity contribution in [3.05, 3.63) is 67.5 Å². The number of halogens is 3. The van der Waals surface area contributed by atoms with Gasteiger partial charge in [0.15, 0.2) is 0 Å². The Balaban J connectivity index is 2.40. The van der Waals surface area contributed by atoms with E-state index < -0.39 is 23.6 Å². The van der Waals surface area contributed by atoms with Crippen LogP contribution in [0.2, 0.25) is 0 Å². The lowest BCUT2D eigenvalue weighted by molar-refractivity contribution is -0.131. The first-order chi connectivity index (χ1) is 13.5. The van der Waals surface area contributed by atoms with E-state index in [1.54, 1.807) is 50.2 Å². The van der Waals surface area contributed by atoms with Crippen molar-refractivity contribution in [2.24, 2.45) is 5.41 Å². The molecule has 9 heteroatoms. The van der Waals surface area contributed by atoms with Gasteiger partial charge in [0.05, 0.1) is 4.47 Å². The zero-order chi connectivity index (χ0) is 21.8. The van der Waals surface area contributed by atoms with Crippen LogP contribution in [0, 0.1) is 5.41 Å². The number of carboxylic acid groups (broad SMARTS) is 1. The monoisotopic (exact) mass is 589 g/mol. The second-order valence-corrected chi connectivity index (χ2v) is 9.42. The van der Waals surface area contributed by atoms with E-state index in [4.69, 9.17) is 9.84 Å². The summed E-state index contributed by atoms with van der Waals surface area (Å²) in [6, 6.07) is 10.2. The Bertz CT molecular complexity index is 942. The van der Waals surface area contributed by atoms with Crippen LogP contribution >= 0.6 is 47.8 Å². The number of aliphatic carboxylic acids is 1. The predicted molar refractivity (Wildman–Crippen MR) is 121 cm³/mol. The van der Waals surface area contributed by atoms with E-state index >= 15 is 0 Å². The highest BCUT2D eigenvalue weighted by Gasteiger charge is 2.35. The normalized spacial score (nSPS) is 12.6. The van der Waals surface area contributed by atoms with Crippen LogP contribution in [0.5, 0.6) is 5.75 Å². The summed E-state index contributed by atoms with van der Waals surface area (Å²) in [6.07, 6.45) is 0.667. The summed E-state index contributed by atoms with van der Waals surface area (Å²) < 4.78 is 7.56. The van der Waals surface area contributed by atoms with Crippen LogP contribution in [0.1, 0.15) is 25.5 Å². The van der Waals surface area contributed by atoms with Crippen molar-refractivity contribution in [3.8, 4) is 5.75 Å². The number of benzene rings is 2. The first kappa shape index (κ1) is 23.4. The molecule has 2 aromatic carbocycles. The molecule has 0 heterocycles. The maximum absolute atomic E-state index is 12.6. The third-order valence-electron chi connectivity index (χ3n) is 3.99. The van der Waals surface area contributed by atoms with E-state index in [0.29, 0.717) is 20.2 Å². The second-order valence-electron chi connectivity index (χ2n) is 6.74. The van der Waals surface area contributed by atoms with Gasteiger partial charge in [-0.3, -0.25) is 5.32 Å². The molecule has 0 aliphatic rings. The van der Waals surface area contributed by atoms with E-state index in [2.05, 4.69) is 53.1 Å². The summed E-state index contributed by atoms with van der Waals surface area (Å²) in [4.78, 5) is 23.6. The molecule has 0 aliphatic heterocycles. The van der Waals surface area contributed by atoms with Crippen molar-refractivity contribution >= 4 is 65.5 Å². The number of ether oxygens (including phenoxy) is 1. The maximum atomic E-state index is 12.6. The van der Waals surface area contributed by atoms with Crippen LogP contribution in [-0.2, 0) is 9.53 Å². The van der Waals surface area contributed by atoms with Gasteiger partial charge in [-0.25, -0.2) is 9.59 Å². The maximum Gasteiger partial charge on any atom is 0.412 e. The summed E-state index contributed by atoms with van der Waals surface area (Å²) in [5, 5.41) is 22.2. The number of phenolic OH excluding ortho intramolecular Hbond substituents is 1. The van der Waals surface area contributed by atoms with Gasteiger partial charge in [0.2, 0.25) is 0 Å². The van der Waals surface area contributed by atoms with Gasteiger partial charge in [-0.1, -0.05) is 51.8 Å². The number of carbonyl (C=O) groups excluding carboxylic acids is 1. The Labute approximate surface area is 193 Å². The topological polar surface area (TPSA) is 95.9 Å². The number of rotatable bonds is 6. The lowest BCUT2D eigenvalue weighted by atomic mass is 9.81. The molecule has 0 fully saturated rings. The van der Waals surface area contributed by atoms with Gasteiger partial charge in [0.1, 0.15) is 11.9 Å². The van der Waals surface area contributed by atoms with Gasteiger partial charge >= 0.3 is 12.1 Å². The molecule has 3 N–H and O–H groups in total. The first-order valence-corrected chi connectivity index (χ1v) is 10.7. The molecule has 0 radical (unpaired) electrons. The third-order valence-corrected chi connectivity index (χ3v) is 5.58. The number of anilines is 1. The molecule has 2 rings (SSSR count). The van der Waals surface area contributed by atoms with Crippen molar-refractivity contribution in [3.63, 3.8) is 0 Å². The standard InChI is InChI=1S/C20H18Br3NO5/c1-20(2,8-7-16(25)26)18(14-9-12(22)10-15(23)17(14)27)29-19(28)24-13-5-3-11(21)4-6-13/h3-10,18,27H,1-2H3,(H,24,28)(H,25,26)/b8-7+/t18-/m0/s1. The number of hydrogen-bond acceptors (Lipinski definition) is 4. The van der Waals surface area contributed by atoms with Gasteiger partial charge in [0, 0.05) is 31.7 Å². The van der Waals surface area contributed by atoms with E-state index in [-0.39, 0.29) is 5.75 Å². The summed E-state index contributed by atoms with van der Waals surface area (Å²) in [7, 11) is 0. The average molecular weight is 592 g/mol. The van der Waals surface area contributed by atoms with Gasteiger partial charge in [-0.05, 0) is 52.3 Å². The molecule has 1 amide bonds. The fourth-order valence-electron chi connectivity index (χ4n) is 2.56. The number of nitrogens with one attached hydrogen (secondary N) is 1. The Morgan fingerprint density at radius 3 is 2.31 bits per heavy atom. The molecule has 0 unspecified atom stereocenters. The smallest absolute Gasteiger partial charge is 0.412 e. The van der Waals surface area contributed by atoms with E-state index in [9.17, 15) is 14.7 Å². The first-order valence-electron chi connectivity index (χ1n) is 8.33. The third kappa shape index (κ3) is 6.58. The van der Waals surface area contributed by atoms with Crippen molar-refractivity contribution in [1.82, 2.24) is 0 Å². The van der Waals surface area contributed by atoms with Crippen molar-refractivity contribution in [1.29, 1.82) is 0 Å². The highest BCUT2D eigenvalue weighted by molar-refractivity contribution is 9.11. The molecule has 29 heavy (non-hydrogen) atoms. The lowest BCUT2D eigenvalue weighted by Gasteiger charge is -2.32. The zero-order valence-corrected chi connectivity index (χ0v) is 20.2. The predicted octanol–water partition coefficient (Wildman–Crippen LogP) is 6.64. The summed E-state index contributed by atoms with van der Waals surface area (Å²) in [5.74, 6) is -1.23. The number of amides is 1. The number of hydrogen-bond donors (Lipinski definition) is 3. The molecule has 154 valence electrons. The van der Waals surface area contributed by atoms with E-state index in [1.807, 2.05) is 0 Å². The molecule has 0 bridgehead atoms. The minimum Gasteiger partial charge on any atom is -0.506 e. The fourth-order valence-corrected chi connectivity index (χ4v) is 4.09. The molecular weight excluding hydrogens is 574 g/mol. The number of carboxylic acids is 1. The molecule has 0 saturated carbocycles. The van der Waals surface area contributed by atoms with Gasteiger partial charge in [-0.15, -0.1) is 0 Å².